The van der Waals surface area contributed by atoms with Crippen LogP contribution in [0.1, 0.15) is 18.2 Å². The molecule has 0 aliphatic heterocycles. The van der Waals surface area contributed by atoms with E-state index in [2.05, 4.69) is 9.97 Å². The molecule has 5 nitrogen and oxygen atoms in total. The summed E-state index contributed by atoms with van der Waals surface area (Å²) >= 11 is 9.34. The number of hydrogen-bond donors (Lipinski definition) is 0. The molecule has 152 valence electrons. The van der Waals surface area contributed by atoms with Crippen LogP contribution in [0, 0.1) is 6.92 Å². The van der Waals surface area contributed by atoms with Gasteiger partial charge in [0.05, 0.1) is 17.1 Å². The molecule has 0 radical (unpaired) electrons. The molecule has 2 heterocycles. The number of imidazole rings is 1. The minimum absolute atomic E-state index is 0.0678. The Bertz CT molecular complexity index is 1170. The minimum Gasteiger partial charge on any atom is -0.295 e. The maximum Gasteiger partial charge on any atom is 0.230 e. The van der Waals surface area contributed by atoms with Crippen molar-refractivity contribution < 1.29 is 4.79 Å². The molecule has 4 rings (SSSR count). The number of hydrogen-bond acceptors (Lipinski definition) is 5. The lowest BCUT2D eigenvalue weighted by Crippen LogP contribution is -2.22. The van der Waals surface area contributed by atoms with Crippen LogP contribution in [0.25, 0.3) is 5.69 Å². The number of anilines is 2. The number of thioether (sulfide) groups is 1. The van der Waals surface area contributed by atoms with E-state index in [0.29, 0.717) is 10.9 Å². The highest BCUT2D eigenvalue weighted by Crippen LogP contribution is 2.32. The third kappa shape index (κ3) is 4.28. The molecular formula is C22H19ClN4OS2. The van der Waals surface area contributed by atoms with Crippen LogP contribution in [-0.2, 0) is 10.5 Å². The Balaban J connectivity index is 1.53. The Morgan fingerprint density at radius 3 is 2.77 bits per heavy atom. The van der Waals surface area contributed by atoms with Crippen molar-refractivity contribution in [2.75, 3.05) is 4.90 Å². The number of thiazole rings is 1. The van der Waals surface area contributed by atoms with E-state index in [0.717, 1.165) is 32.8 Å². The number of amides is 1. The van der Waals surface area contributed by atoms with Crippen molar-refractivity contribution in [3.8, 4) is 5.69 Å². The molecule has 0 N–H and O–H groups in total. The van der Waals surface area contributed by atoms with Crippen molar-refractivity contribution in [1.29, 1.82) is 0 Å². The Labute approximate surface area is 188 Å². The van der Waals surface area contributed by atoms with Gasteiger partial charge in [0.2, 0.25) is 5.91 Å². The van der Waals surface area contributed by atoms with Gasteiger partial charge in [0.1, 0.15) is 0 Å². The minimum atomic E-state index is -0.0678. The average Bonchev–Trinajstić information content (AvgIpc) is 3.39. The predicted molar refractivity (Wildman–Crippen MR) is 124 cm³/mol. The molecule has 0 aliphatic rings. The molecule has 4 aromatic rings. The fraction of sp³-hybridized carbons (Fsp3) is 0.136. The maximum absolute atomic E-state index is 12.2. The Morgan fingerprint density at radius 1 is 1.20 bits per heavy atom. The van der Waals surface area contributed by atoms with Gasteiger partial charge >= 0.3 is 0 Å². The number of para-hydroxylation sites is 1. The van der Waals surface area contributed by atoms with Gasteiger partial charge in [0.25, 0.3) is 0 Å². The summed E-state index contributed by atoms with van der Waals surface area (Å²) in [6.45, 7) is 3.55. The van der Waals surface area contributed by atoms with Crippen molar-refractivity contribution in [3.05, 3.63) is 82.6 Å². The topological polar surface area (TPSA) is 51.0 Å². The van der Waals surface area contributed by atoms with E-state index in [1.54, 1.807) is 29.8 Å². The van der Waals surface area contributed by atoms with Gasteiger partial charge in [-0.1, -0.05) is 47.6 Å². The molecule has 0 spiro atoms. The van der Waals surface area contributed by atoms with Gasteiger partial charge in [0.15, 0.2) is 10.3 Å². The molecule has 0 saturated carbocycles. The van der Waals surface area contributed by atoms with Crippen LogP contribution >= 0.6 is 34.7 Å². The fourth-order valence-corrected chi connectivity index (χ4v) is 5.07. The zero-order valence-electron chi connectivity index (χ0n) is 16.4. The summed E-state index contributed by atoms with van der Waals surface area (Å²) in [5, 5.41) is 4.24. The number of benzene rings is 2. The summed E-state index contributed by atoms with van der Waals surface area (Å²) in [6, 6.07) is 15.4. The Hall–Kier alpha value is -2.61. The largest absolute Gasteiger partial charge is 0.295 e. The predicted octanol–water partition coefficient (Wildman–Crippen LogP) is 6.27. The fourth-order valence-electron chi connectivity index (χ4n) is 3.04. The van der Waals surface area contributed by atoms with Crippen LogP contribution in [0.15, 0.2) is 71.5 Å². The van der Waals surface area contributed by atoms with E-state index in [1.807, 2.05) is 71.6 Å². The van der Waals surface area contributed by atoms with Crippen LogP contribution in [-0.4, -0.2) is 20.4 Å². The molecular weight excluding hydrogens is 436 g/mol. The molecule has 0 atom stereocenters. The maximum atomic E-state index is 12.2. The summed E-state index contributed by atoms with van der Waals surface area (Å²) in [6.07, 6.45) is 3.71. The SMILES string of the molecule is CC(=O)N(c1ccccc1)c1nc(CSc2nccn2-c2cccc(Cl)c2C)cs1. The molecule has 1 amide bonds. The molecule has 8 heteroatoms. The van der Waals surface area contributed by atoms with Crippen molar-refractivity contribution in [3.63, 3.8) is 0 Å². The Kier molecular flexibility index (Phi) is 6.22. The molecule has 0 aliphatic carbocycles. The highest BCUT2D eigenvalue weighted by molar-refractivity contribution is 7.98. The molecule has 0 fully saturated rings. The van der Waals surface area contributed by atoms with Crippen LogP contribution in [0.4, 0.5) is 10.8 Å². The van der Waals surface area contributed by atoms with Gasteiger partial charge < -0.3 is 0 Å². The summed E-state index contributed by atoms with van der Waals surface area (Å²) in [7, 11) is 0. The van der Waals surface area contributed by atoms with Crippen molar-refractivity contribution >= 4 is 51.4 Å². The van der Waals surface area contributed by atoms with E-state index < -0.39 is 0 Å². The van der Waals surface area contributed by atoms with Crippen LogP contribution in [0.5, 0.6) is 0 Å². The summed E-state index contributed by atoms with van der Waals surface area (Å²) in [5.41, 5.74) is 3.73. The first kappa shape index (κ1) is 20.7. The number of aromatic nitrogens is 3. The quantitative estimate of drug-likeness (QED) is 0.322. The van der Waals surface area contributed by atoms with E-state index in [1.165, 1.54) is 11.3 Å². The van der Waals surface area contributed by atoms with Gasteiger partial charge in [-0.15, -0.1) is 11.3 Å². The second-order valence-corrected chi connectivity index (χ2v) is 8.75. The number of halogens is 1. The van der Waals surface area contributed by atoms with Gasteiger partial charge in [-0.3, -0.25) is 14.3 Å². The lowest BCUT2D eigenvalue weighted by Gasteiger charge is -2.17. The summed E-state index contributed by atoms with van der Waals surface area (Å²) in [5.74, 6) is 0.579. The number of nitrogens with zero attached hydrogens (tertiary/aromatic N) is 4. The van der Waals surface area contributed by atoms with Gasteiger partial charge in [-0.05, 0) is 36.8 Å². The van der Waals surface area contributed by atoms with Crippen molar-refractivity contribution in [2.45, 2.75) is 24.8 Å². The molecule has 0 saturated heterocycles. The molecule has 2 aromatic heterocycles. The smallest absolute Gasteiger partial charge is 0.230 e. The zero-order valence-corrected chi connectivity index (χ0v) is 18.8. The number of carbonyl (C=O) groups is 1. The molecule has 0 bridgehead atoms. The Morgan fingerprint density at radius 2 is 2.00 bits per heavy atom. The summed E-state index contributed by atoms with van der Waals surface area (Å²) in [4.78, 5) is 23.0. The first-order valence-electron chi connectivity index (χ1n) is 9.26. The van der Waals surface area contributed by atoms with E-state index >= 15 is 0 Å². The second-order valence-electron chi connectivity index (χ2n) is 6.56. The van der Waals surface area contributed by atoms with Crippen molar-refractivity contribution in [1.82, 2.24) is 14.5 Å². The monoisotopic (exact) mass is 454 g/mol. The molecule has 2 aromatic carbocycles. The highest BCUT2D eigenvalue weighted by Gasteiger charge is 2.18. The first-order chi connectivity index (χ1) is 14.5. The highest BCUT2D eigenvalue weighted by atomic mass is 35.5. The van der Waals surface area contributed by atoms with Crippen LogP contribution in [0.3, 0.4) is 0 Å². The van der Waals surface area contributed by atoms with E-state index in [-0.39, 0.29) is 5.91 Å². The first-order valence-corrected chi connectivity index (χ1v) is 11.5. The number of carbonyl (C=O) groups excluding carboxylic acids is 1. The third-order valence-corrected chi connectivity index (χ3v) is 6.80. The number of rotatable bonds is 6. The molecule has 0 unspecified atom stereocenters. The third-order valence-electron chi connectivity index (χ3n) is 4.51. The summed E-state index contributed by atoms with van der Waals surface area (Å²) < 4.78 is 2.03. The van der Waals surface area contributed by atoms with Crippen LogP contribution < -0.4 is 4.90 Å². The van der Waals surface area contributed by atoms with E-state index in [9.17, 15) is 4.79 Å². The van der Waals surface area contributed by atoms with Gasteiger partial charge in [0, 0.05) is 35.5 Å². The molecule has 30 heavy (non-hydrogen) atoms. The van der Waals surface area contributed by atoms with Gasteiger partial charge in [-0.25, -0.2) is 9.97 Å². The standard InChI is InChI=1S/C22H19ClN4OS2/c1-15-19(23)9-6-10-20(15)26-12-11-24-21(26)29-13-17-14-30-22(25-17)27(16(2)28)18-7-4-3-5-8-18/h3-12,14H,13H2,1-2H3. The second kappa shape index (κ2) is 9.04. The van der Waals surface area contributed by atoms with Crippen molar-refractivity contribution in [2.24, 2.45) is 0 Å². The lowest BCUT2D eigenvalue weighted by atomic mass is 10.2. The lowest BCUT2D eigenvalue weighted by molar-refractivity contribution is -0.115. The zero-order chi connectivity index (χ0) is 21.1. The van der Waals surface area contributed by atoms with Crippen LogP contribution in [0.2, 0.25) is 5.02 Å². The normalized spacial score (nSPS) is 10.9. The van der Waals surface area contributed by atoms with Gasteiger partial charge in [-0.2, -0.15) is 0 Å². The van der Waals surface area contributed by atoms with E-state index in [4.69, 9.17) is 11.6 Å². The average molecular weight is 455 g/mol.